The number of carbonyl (C=O) groups is 1. The third-order valence-corrected chi connectivity index (χ3v) is 9.16. The van der Waals surface area contributed by atoms with Crippen LogP contribution in [0.15, 0.2) is 0 Å². The average Bonchev–Trinajstić information content (AvgIpc) is 2.89. The molecule has 22 heavy (non-hydrogen) atoms. The smallest absolute Gasteiger partial charge is 0.133 e. The van der Waals surface area contributed by atoms with Crippen molar-refractivity contribution in [2.24, 2.45) is 34.0 Å². The number of ketones is 1. The van der Waals surface area contributed by atoms with Gasteiger partial charge in [-0.15, -0.1) is 0 Å². The van der Waals surface area contributed by atoms with Crippen molar-refractivity contribution >= 4 is 5.78 Å². The summed E-state index contributed by atoms with van der Waals surface area (Å²) in [5.74, 6) is 2.30. The number of aliphatic hydroxyl groups excluding tert-OH is 2. The maximum Gasteiger partial charge on any atom is 0.133 e. The van der Waals surface area contributed by atoms with Crippen LogP contribution in [0.1, 0.15) is 64.7 Å². The fraction of sp³-hybridized carbons (Fsp3) is 0.947. The van der Waals surface area contributed by atoms with Crippen LogP contribution in [0.25, 0.3) is 0 Å². The molecule has 5 rings (SSSR count). The van der Waals surface area contributed by atoms with E-state index in [4.69, 9.17) is 0 Å². The van der Waals surface area contributed by atoms with Gasteiger partial charge in [0.2, 0.25) is 0 Å². The molecule has 0 radical (unpaired) electrons. The minimum absolute atomic E-state index is 0.0472. The van der Waals surface area contributed by atoms with E-state index in [-0.39, 0.29) is 28.5 Å². The number of Topliss-reactive ketones (excluding diaryl/α,β-unsaturated/α-hetero) is 1. The third kappa shape index (κ3) is 1.28. The highest BCUT2D eigenvalue weighted by molar-refractivity contribution is 5.82. The quantitative estimate of drug-likeness (QED) is 0.723. The molecule has 8 atom stereocenters. The third-order valence-electron chi connectivity index (χ3n) is 9.16. The van der Waals surface area contributed by atoms with Gasteiger partial charge in [0.25, 0.3) is 0 Å². The fourth-order valence-corrected chi connectivity index (χ4v) is 8.04. The molecule has 5 aliphatic carbocycles. The lowest BCUT2D eigenvalue weighted by molar-refractivity contribution is -0.128. The van der Waals surface area contributed by atoms with Crippen LogP contribution in [-0.4, -0.2) is 28.2 Å². The van der Waals surface area contributed by atoms with Crippen molar-refractivity contribution in [3.8, 4) is 0 Å². The van der Waals surface area contributed by atoms with Crippen LogP contribution in [0.5, 0.6) is 0 Å². The van der Waals surface area contributed by atoms with E-state index >= 15 is 0 Å². The Morgan fingerprint density at radius 1 is 1.00 bits per heavy atom. The van der Waals surface area contributed by atoms with Gasteiger partial charge in [-0.3, -0.25) is 4.79 Å². The van der Waals surface area contributed by atoms with Gasteiger partial charge >= 0.3 is 0 Å². The van der Waals surface area contributed by atoms with Crippen molar-refractivity contribution in [3.05, 3.63) is 0 Å². The highest BCUT2D eigenvalue weighted by atomic mass is 16.3. The molecule has 3 heteroatoms. The van der Waals surface area contributed by atoms with Crippen molar-refractivity contribution < 1.29 is 15.0 Å². The predicted octanol–water partition coefficient (Wildman–Crippen LogP) is 2.68. The first-order valence-corrected chi connectivity index (χ1v) is 9.33. The second-order valence-electron chi connectivity index (χ2n) is 9.37. The number of aliphatic hydroxyl groups is 2. The van der Waals surface area contributed by atoms with Gasteiger partial charge in [0, 0.05) is 23.7 Å². The van der Waals surface area contributed by atoms with Gasteiger partial charge in [-0.05, 0) is 68.1 Å². The molecule has 0 saturated heterocycles. The van der Waals surface area contributed by atoms with Gasteiger partial charge in [-0.1, -0.05) is 6.92 Å². The van der Waals surface area contributed by atoms with Gasteiger partial charge in [-0.25, -0.2) is 0 Å². The standard InChI is InChI=1S/C19H28O3/c1-17-7-6-14-12(13(17)2-3-15(17)21)5-8-18-10-11(20)4-9-19(14,18)16(18)22/h12-16,21-22H,2-10H2,1H3/t12-,13-,14-,15-,16+,17-,18+,19+/m0/s1. The fourth-order valence-electron chi connectivity index (χ4n) is 8.04. The molecular formula is C19H28O3. The maximum absolute atomic E-state index is 12.0. The van der Waals surface area contributed by atoms with Crippen LogP contribution >= 0.6 is 0 Å². The molecule has 0 aromatic heterocycles. The molecule has 0 spiro atoms. The summed E-state index contributed by atoms with van der Waals surface area (Å²) in [4.78, 5) is 12.0. The Bertz CT molecular complexity index is 545. The van der Waals surface area contributed by atoms with Crippen LogP contribution < -0.4 is 0 Å². The van der Waals surface area contributed by atoms with Crippen molar-refractivity contribution in [2.75, 3.05) is 0 Å². The zero-order chi connectivity index (χ0) is 15.3. The summed E-state index contributed by atoms with van der Waals surface area (Å²) in [6, 6.07) is 0. The molecule has 0 bridgehead atoms. The molecule has 0 amide bonds. The van der Waals surface area contributed by atoms with E-state index in [1.54, 1.807) is 0 Å². The van der Waals surface area contributed by atoms with Gasteiger partial charge in [0.1, 0.15) is 5.78 Å². The average molecular weight is 304 g/mol. The lowest BCUT2D eigenvalue weighted by Crippen LogP contribution is -2.49. The zero-order valence-corrected chi connectivity index (χ0v) is 13.6. The summed E-state index contributed by atoms with van der Waals surface area (Å²) in [5.41, 5.74) is 0.134. The Morgan fingerprint density at radius 3 is 2.64 bits per heavy atom. The molecule has 5 saturated carbocycles. The van der Waals surface area contributed by atoms with E-state index in [1.165, 1.54) is 6.42 Å². The van der Waals surface area contributed by atoms with Crippen LogP contribution in [0.3, 0.4) is 0 Å². The molecular weight excluding hydrogens is 276 g/mol. The van der Waals surface area contributed by atoms with Gasteiger partial charge < -0.3 is 10.2 Å². The number of hydrogen-bond acceptors (Lipinski definition) is 3. The largest absolute Gasteiger partial charge is 0.393 e. The number of rotatable bonds is 0. The number of carbonyl (C=O) groups excluding carboxylic acids is 1. The van der Waals surface area contributed by atoms with E-state index in [9.17, 15) is 15.0 Å². The summed E-state index contributed by atoms with van der Waals surface area (Å²) in [6.45, 7) is 2.30. The van der Waals surface area contributed by atoms with Gasteiger partial charge in [0.15, 0.2) is 0 Å². The van der Waals surface area contributed by atoms with Crippen LogP contribution in [0.4, 0.5) is 0 Å². The van der Waals surface area contributed by atoms with E-state index in [2.05, 4.69) is 6.92 Å². The Balaban J connectivity index is 1.52. The van der Waals surface area contributed by atoms with E-state index in [0.717, 1.165) is 38.5 Å². The monoisotopic (exact) mass is 304 g/mol. The summed E-state index contributed by atoms with van der Waals surface area (Å²) in [6.07, 6.45) is 8.51. The Kier molecular flexibility index (Phi) is 2.52. The van der Waals surface area contributed by atoms with Crippen LogP contribution in [-0.2, 0) is 4.79 Å². The zero-order valence-electron chi connectivity index (χ0n) is 13.6. The molecule has 0 aliphatic heterocycles. The summed E-state index contributed by atoms with van der Waals surface area (Å²) < 4.78 is 0. The SMILES string of the molecule is C[C@]12CC[C@H]3[C@@H](CC[C@]45CC(=O)CC[C@]34[C@@H]5O)[C@@H]1CC[C@@H]2O. The van der Waals surface area contributed by atoms with Gasteiger partial charge in [0.05, 0.1) is 12.2 Å². The van der Waals surface area contributed by atoms with Gasteiger partial charge in [-0.2, -0.15) is 0 Å². The van der Waals surface area contributed by atoms with Crippen molar-refractivity contribution in [1.29, 1.82) is 0 Å². The molecule has 122 valence electrons. The molecule has 0 unspecified atom stereocenters. The first-order valence-electron chi connectivity index (χ1n) is 9.33. The molecule has 0 heterocycles. The first kappa shape index (κ1) is 14.0. The number of hydrogen-bond donors (Lipinski definition) is 2. The van der Waals surface area contributed by atoms with Crippen molar-refractivity contribution in [1.82, 2.24) is 0 Å². The lowest BCUT2D eigenvalue weighted by atomic mass is 9.50. The summed E-state index contributed by atoms with van der Waals surface area (Å²) in [5, 5.41) is 21.4. The minimum atomic E-state index is -0.225. The highest BCUT2D eigenvalue weighted by Crippen LogP contribution is 2.82. The van der Waals surface area contributed by atoms with E-state index in [1.807, 2.05) is 0 Å². The summed E-state index contributed by atoms with van der Waals surface area (Å²) in [7, 11) is 0. The second kappa shape index (κ2) is 3.97. The predicted molar refractivity (Wildman–Crippen MR) is 82.0 cm³/mol. The molecule has 0 aromatic rings. The maximum atomic E-state index is 12.0. The van der Waals surface area contributed by atoms with Crippen molar-refractivity contribution in [2.45, 2.75) is 76.9 Å². The van der Waals surface area contributed by atoms with E-state index < -0.39 is 0 Å². The Labute approximate surface area is 132 Å². The minimum Gasteiger partial charge on any atom is -0.393 e. The normalized spacial score (nSPS) is 62.7. The first-order chi connectivity index (χ1) is 10.5. The van der Waals surface area contributed by atoms with E-state index in [0.29, 0.717) is 36.4 Å². The number of fused-ring (bicyclic) bond motifs is 3. The lowest BCUT2D eigenvalue weighted by Gasteiger charge is -2.54. The molecule has 3 nitrogen and oxygen atoms in total. The van der Waals surface area contributed by atoms with Crippen LogP contribution in [0, 0.1) is 34.0 Å². The highest BCUT2D eigenvalue weighted by Gasteiger charge is 2.82. The Hall–Kier alpha value is -0.410. The molecule has 2 N–H and O–H groups in total. The molecule has 5 aliphatic rings. The molecule has 0 aromatic carbocycles. The second-order valence-corrected chi connectivity index (χ2v) is 9.37. The van der Waals surface area contributed by atoms with Crippen molar-refractivity contribution in [3.63, 3.8) is 0 Å². The van der Waals surface area contributed by atoms with Crippen LogP contribution in [0.2, 0.25) is 0 Å². The topological polar surface area (TPSA) is 57.5 Å². The Morgan fingerprint density at radius 2 is 1.82 bits per heavy atom. The summed E-state index contributed by atoms with van der Waals surface area (Å²) >= 11 is 0. The molecule has 5 fully saturated rings.